The maximum atomic E-state index is 12.9. The molecule has 130 valence electrons. The second-order valence-corrected chi connectivity index (χ2v) is 9.29. The van der Waals surface area contributed by atoms with Crippen LogP contribution in [0.5, 0.6) is 5.75 Å². The summed E-state index contributed by atoms with van der Waals surface area (Å²) >= 11 is 0. The normalized spacial score (nSPS) is 22.8. The molecule has 5 heteroatoms. The second kappa shape index (κ2) is 6.81. The summed E-state index contributed by atoms with van der Waals surface area (Å²) in [4.78, 5) is 0.241. The van der Waals surface area contributed by atoms with Crippen molar-refractivity contribution < 1.29 is 13.2 Å². The van der Waals surface area contributed by atoms with E-state index in [4.69, 9.17) is 4.74 Å². The number of hydrogen-bond acceptors (Lipinski definition) is 3. The monoisotopic (exact) mass is 339 g/mol. The van der Waals surface area contributed by atoms with Gasteiger partial charge in [0, 0.05) is 6.04 Å². The summed E-state index contributed by atoms with van der Waals surface area (Å²) in [6.07, 6.45) is 4.24. The van der Waals surface area contributed by atoms with Gasteiger partial charge in [0.15, 0.2) is 0 Å². The van der Waals surface area contributed by atoms with Crippen LogP contribution < -0.4 is 9.46 Å². The van der Waals surface area contributed by atoms with E-state index in [1.807, 2.05) is 6.07 Å². The van der Waals surface area contributed by atoms with Crippen molar-refractivity contribution >= 4 is 10.0 Å². The van der Waals surface area contributed by atoms with Gasteiger partial charge in [0.05, 0.1) is 7.11 Å². The van der Waals surface area contributed by atoms with E-state index in [1.165, 1.54) is 13.5 Å². The van der Waals surface area contributed by atoms with Crippen LogP contribution in [0.1, 0.15) is 58.9 Å². The van der Waals surface area contributed by atoms with E-state index in [0.29, 0.717) is 11.7 Å². The lowest BCUT2D eigenvalue weighted by Gasteiger charge is -2.29. The molecule has 2 rings (SSSR count). The molecule has 23 heavy (non-hydrogen) atoms. The Morgan fingerprint density at radius 3 is 2.39 bits per heavy atom. The van der Waals surface area contributed by atoms with Crippen LogP contribution in [0.15, 0.2) is 23.1 Å². The zero-order valence-corrected chi connectivity index (χ0v) is 15.7. The largest absolute Gasteiger partial charge is 0.495 e. The second-order valence-electron chi connectivity index (χ2n) is 7.61. The number of sulfonamides is 1. The standard InChI is InChI=1S/C18H29NO3S/c1-13-8-6-7-9-15(13)19-23(20,21)17-12-14(18(2,3)4)10-11-16(17)22-5/h10-13,15,19H,6-9H2,1-5H3/t13-,15-/m1/s1. The van der Waals surface area contributed by atoms with Gasteiger partial charge in [-0.1, -0.05) is 46.6 Å². The Morgan fingerprint density at radius 2 is 1.83 bits per heavy atom. The van der Waals surface area contributed by atoms with Gasteiger partial charge in [0.25, 0.3) is 0 Å². The third-order valence-corrected chi connectivity index (χ3v) is 6.25. The Labute approximate surface area is 140 Å². The zero-order valence-electron chi connectivity index (χ0n) is 14.8. The molecular formula is C18H29NO3S. The van der Waals surface area contributed by atoms with Crippen LogP contribution in [-0.4, -0.2) is 21.6 Å². The molecule has 2 atom stereocenters. The molecule has 0 aromatic heterocycles. The van der Waals surface area contributed by atoms with Gasteiger partial charge in [0.1, 0.15) is 10.6 Å². The minimum absolute atomic E-state index is 0.0109. The van der Waals surface area contributed by atoms with E-state index in [2.05, 4.69) is 32.4 Å². The maximum absolute atomic E-state index is 12.9. The molecule has 4 nitrogen and oxygen atoms in total. The zero-order chi connectivity index (χ0) is 17.3. The lowest BCUT2D eigenvalue weighted by molar-refractivity contribution is 0.310. The Hall–Kier alpha value is -1.07. The van der Waals surface area contributed by atoms with Crippen LogP contribution >= 0.6 is 0 Å². The average Bonchev–Trinajstić information content (AvgIpc) is 2.48. The van der Waals surface area contributed by atoms with Gasteiger partial charge >= 0.3 is 0 Å². The highest BCUT2D eigenvalue weighted by molar-refractivity contribution is 7.89. The van der Waals surface area contributed by atoms with Gasteiger partial charge in [-0.25, -0.2) is 13.1 Å². The molecule has 0 bridgehead atoms. The van der Waals surface area contributed by atoms with E-state index >= 15 is 0 Å². The molecule has 0 unspecified atom stereocenters. The first kappa shape index (κ1) is 18.3. The highest BCUT2D eigenvalue weighted by Crippen LogP contribution is 2.32. The molecule has 0 spiro atoms. The summed E-state index contributed by atoms with van der Waals surface area (Å²) in [5.74, 6) is 0.768. The molecule has 1 N–H and O–H groups in total. The predicted octanol–water partition coefficient (Wildman–Crippen LogP) is 3.85. The maximum Gasteiger partial charge on any atom is 0.244 e. The molecular weight excluding hydrogens is 310 g/mol. The van der Waals surface area contributed by atoms with Crippen molar-refractivity contribution in [3.8, 4) is 5.75 Å². The van der Waals surface area contributed by atoms with Crippen LogP contribution in [-0.2, 0) is 15.4 Å². The molecule has 1 fully saturated rings. The number of benzene rings is 1. The van der Waals surface area contributed by atoms with E-state index in [-0.39, 0.29) is 16.4 Å². The molecule has 0 aliphatic heterocycles. The van der Waals surface area contributed by atoms with Crippen molar-refractivity contribution in [1.82, 2.24) is 4.72 Å². The van der Waals surface area contributed by atoms with E-state index in [0.717, 1.165) is 24.8 Å². The molecule has 1 aliphatic carbocycles. The van der Waals surface area contributed by atoms with Crippen molar-refractivity contribution in [2.45, 2.75) is 69.7 Å². The van der Waals surface area contributed by atoms with Crippen molar-refractivity contribution in [1.29, 1.82) is 0 Å². The SMILES string of the molecule is COc1ccc(C(C)(C)C)cc1S(=O)(=O)N[C@@H]1CCCC[C@H]1C. The van der Waals surface area contributed by atoms with Gasteiger partial charge < -0.3 is 4.74 Å². The fraction of sp³-hybridized carbons (Fsp3) is 0.667. The van der Waals surface area contributed by atoms with Crippen LogP contribution in [0, 0.1) is 5.92 Å². The quantitative estimate of drug-likeness (QED) is 0.906. The van der Waals surface area contributed by atoms with Gasteiger partial charge in [-0.2, -0.15) is 0 Å². The van der Waals surface area contributed by atoms with Crippen molar-refractivity contribution in [3.63, 3.8) is 0 Å². The Kier molecular flexibility index (Phi) is 5.41. The van der Waals surface area contributed by atoms with Gasteiger partial charge in [-0.05, 0) is 41.9 Å². The smallest absolute Gasteiger partial charge is 0.244 e. The highest BCUT2D eigenvalue weighted by atomic mass is 32.2. The predicted molar refractivity (Wildman–Crippen MR) is 93.4 cm³/mol. The first-order chi connectivity index (χ1) is 10.6. The Bertz CT molecular complexity index is 647. The van der Waals surface area contributed by atoms with Crippen molar-refractivity contribution in [2.24, 2.45) is 5.92 Å². The lowest BCUT2D eigenvalue weighted by Crippen LogP contribution is -2.41. The Balaban J connectivity index is 2.37. The van der Waals surface area contributed by atoms with E-state index in [1.54, 1.807) is 12.1 Å². The minimum atomic E-state index is -3.59. The lowest BCUT2D eigenvalue weighted by atomic mass is 9.87. The summed E-state index contributed by atoms with van der Waals surface area (Å²) in [6.45, 7) is 8.33. The fourth-order valence-electron chi connectivity index (χ4n) is 3.11. The van der Waals surface area contributed by atoms with E-state index < -0.39 is 10.0 Å². The van der Waals surface area contributed by atoms with Crippen LogP contribution in [0.25, 0.3) is 0 Å². The van der Waals surface area contributed by atoms with Crippen molar-refractivity contribution in [2.75, 3.05) is 7.11 Å². The third kappa shape index (κ3) is 4.27. The number of hydrogen-bond donors (Lipinski definition) is 1. The summed E-state index contributed by atoms with van der Waals surface area (Å²) < 4.78 is 34.0. The van der Waals surface area contributed by atoms with Crippen molar-refractivity contribution in [3.05, 3.63) is 23.8 Å². The first-order valence-electron chi connectivity index (χ1n) is 8.36. The molecule has 1 aliphatic rings. The molecule has 0 radical (unpaired) electrons. The van der Waals surface area contributed by atoms with Gasteiger partial charge in [-0.15, -0.1) is 0 Å². The molecule has 1 saturated carbocycles. The first-order valence-corrected chi connectivity index (χ1v) is 9.84. The van der Waals surface area contributed by atoms with Crippen LogP contribution in [0.3, 0.4) is 0 Å². The molecule has 1 aromatic rings. The molecule has 0 amide bonds. The topological polar surface area (TPSA) is 55.4 Å². The van der Waals surface area contributed by atoms with Gasteiger partial charge in [-0.3, -0.25) is 0 Å². The highest BCUT2D eigenvalue weighted by Gasteiger charge is 2.29. The fourth-order valence-corrected chi connectivity index (χ4v) is 4.68. The minimum Gasteiger partial charge on any atom is -0.495 e. The third-order valence-electron chi connectivity index (χ3n) is 4.74. The molecule has 0 heterocycles. The summed E-state index contributed by atoms with van der Waals surface area (Å²) in [7, 11) is -2.09. The van der Waals surface area contributed by atoms with Crippen LogP contribution in [0.2, 0.25) is 0 Å². The Morgan fingerprint density at radius 1 is 1.17 bits per heavy atom. The number of nitrogens with one attached hydrogen (secondary N) is 1. The molecule has 1 aromatic carbocycles. The van der Waals surface area contributed by atoms with Gasteiger partial charge in [0.2, 0.25) is 10.0 Å². The molecule has 0 saturated heterocycles. The van der Waals surface area contributed by atoms with E-state index in [9.17, 15) is 8.42 Å². The summed E-state index contributed by atoms with van der Waals surface area (Å²) in [5, 5.41) is 0. The van der Waals surface area contributed by atoms with Crippen LogP contribution in [0.4, 0.5) is 0 Å². The summed E-state index contributed by atoms with van der Waals surface area (Å²) in [6, 6.07) is 5.44. The average molecular weight is 340 g/mol. The number of methoxy groups -OCH3 is 1. The number of ether oxygens (including phenoxy) is 1. The number of rotatable bonds is 4. The summed E-state index contributed by atoms with van der Waals surface area (Å²) in [5.41, 5.74) is 0.865.